The average Bonchev–Trinajstić information content (AvgIpc) is 4.06. The molecule has 8 rings (SSSR count). The lowest BCUT2D eigenvalue weighted by Gasteiger charge is -2.30. The van der Waals surface area contributed by atoms with Crippen LogP contribution < -0.4 is 15.5 Å². The zero-order valence-electron chi connectivity index (χ0n) is 32.1. The van der Waals surface area contributed by atoms with Crippen molar-refractivity contribution in [3.8, 4) is 33.9 Å². The lowest BCUT2D eigenvalue weighted by molar-refractivity contribution is -0.135. The molecular weight excluding hydrogens is 729 g/mol. The van der Waals surface area contributed by atoms with Crippen molar-refractivity contribution in [3.05, 3.63) is 90.0 Å². The maximum atomic E-state index is 13.9. The van der Waals surface area contributed by atoms with Crippen LogP contribution in [0.1, 0.15) is 68.0 Å². The lowest BCUT2D eigenvalue weighted by atomic mass is 10.0. The number of alkyl carbamates (subject to hydrolysis) is 2. The third-order valence-electron chi connectivity index (χ3n) is 11.1. The molecule has 0 bridgehead atoms. The number of aryl methyl sites for hydroxylation is 1. The van der Waals surface area contributed by atoms with Gasteiger partial charge in [0.25, 0.3) is 0 Å². The Morgan fingerprint density at radius 3 is 2.12 bits per heavy atom. The second-order valence-electron chi connectivity index (χ2n) is 14.9. The van der Waals surface area contributed by atoms with E-state index < -0.39 is 24.3 Å². The number of hydrogen-bond donors (Lipinski definition) is 4. The molecule has 6 heterocycles. The Morgan fingerprint density at radius 2 is 1.44 bits per heavy atom. The summed E-state index contributed by atoms with van der Waals surface area (Å²) in [6, 6.07) is 11.9. The fourth-order valence-electron chi connectivity index (χ4n) is 8.10. The molecule has 2 aromatic carbocycles. The third kappa shape index (κ3) is 7.18. The van der Waals surface area contributed by atoms with Crippen LogP contribution in [0.2, 0.25) is 0 Å². The number of methoxy groups -OCH3 is 2. The molecule has 4 atom stereocenters. The van der Waals surface area contributed by atoms with Crippen LogP contribution in [0.3, 0.4) is 0 Å². The smallest absolute Gasteiger partial charge is 0.407 e. The van der Waals surface area contributed by atoms with Crippen molar-refractivity contribution in [1.82, 2.24) is 45.4 Å². The van der Waals surface area contributed by atoms with Gasteiger partial charge in [0.05, 0.1) is 55.8 Å². The highest BCUT2D eigenvalue weighted by molar-refractivity contribution is 6.02. The van der Waals surface area contributed by atoms with Gasteiger partial charge < -0.3 is 35.0 Å². The normalized spacial score (nSPS) is 19.2. The number of aromatic nitrogens is 6. The number of nitrogens with zero attached hydrogens (tertiary/aromatic N) is 6. The molecule has 4 amide bonds. The van der Waals surface area contributed by atoms with Crippen LogP contribution >= 0.6 is 0 Å². The number of H-pyrrole nitrogens is 2. The maximum Gasteiger partial charge on any atom is 0.407 e. The largest absolute Gasteiger partial charge is 0.453 e. The zero-order chi connectivity index (χ0) is 39.8. The van der Waals surface area contributed by atoms with Gasteiger partial charge in [-0.15, -0.1) is 0 Å². The first-order valence-electron chi connectivity index (χ1n) is 19.1. The number of hydrogen-bond acceptors (Lipinski definition) is 10. The topological polar surface area (TPSA) is 200 Å². The van der Waals surface area contributed by atoms with Crippen LogP contribution in [0.5, 0.6) is 0 Å². The summed E-state index contributed by atoms with van der Waals surface area (Å²) in [5, 5.41) is 5.40. The van der Waals surface area contributed by atoms with Crippen LogP contribution in [0.15, 0.2) is 67.3 Å². The first kappa shape index (κ1) is 37.3. The predicted molar refractivity (Wildman–Crippen MR) is 209 cm³/mol. The fraction of sp³-hybridized carbons (Fsp3) is 0.366. The van der Waals surface area contributed by atoms with Crippen LogP contribution in [0.4, 0.5) is 15.3 Å². The summed E-state index contributed by atoms with van der Waals surface area (Å²) in [7, 11) is 2.57. The van der Waals surface area contributed by atoms with Crippen molar-refractivity contribution in [1.29, 1.82) is 0 Å². The number of anilines is 1. The van der Waals surface area contributed by atoms with Gasteiger partial charge in [-0.1, -0.05) is 56.3 Å². The average molecular weight is 773 g/mol. The van der Waals surface area contributed by atoms with Gasteiger partial charge in [-0.3, -0.25) is 14.5 Å². The summed E-state index contributed by atoms with van der Waals surface area (Å²) in [4.78, 5) is 80.5. The van der Waals surface area contributed by atoms with E-state index in [1.165, 1.54) is 14.2 Å². The molecule has 3 aliphatic rings. The van der Waals surface area contributed by atoms with E-state index in [4.69, 9.17) is 14.5 Å². The molecule has 3 aliphatic heterocycles. The number of carbonyl (C=O) groups is 4. The van der Waals surface area contributed by atoms with Crippen molar-refractivity contribution >= 4 is 29.7 Å². The number of rotatable bonds is 9. The molecule has 294 valence electrons. The highest BCUT2D eigenvalue weighted by atomic mass is 16.5. The molecule has 16 nitrogen and oxygen atoms in total. The van der Waals surface area contributed by atoms with Crippen molar-refractivity contribution in [2.45, 2.75) is 70.1 Å². The summed E-state index contributed by atoms with van der Waals surface area (Å²) < 4.78 is 9.55. The van der Waals surface area contributed by atoms with Crippen molar-refractivity contribution in [2.75, 3.05) is 25.7 Å². The first-order valence-corrected chi connectivity index (χ1v) is 19.1. The highest BCUT2D eigenvalue weighted by Gasteiger charge is 2.43. The molecule has 1 fully saturated rings. The minimum absolute atomic E-state index is 0.118. The second kappa shape index (κ2) is 15.5. The molecule has 1 saturated heterocycles. The van der Waals surface area contributed by atoms with Gasteiger partial charge in [0, 0.05) is 36.5 Å². The summed E-state index contributed by atoms with van der Waals surface area (Å²) in [5.74, 6) is 1.40. The Hall–Kier alpha value is -6.58. The number of ether oxygens (including phenoxy) is 2. The number of nitrogens with one attached hydrogen (secondary N) is 4. The van der Waals surface area contributed by atoms with E-state index in [1.807, 2.05) is 56.3 Å². The maximum absolute atomic E-state index is 13.9. The van der Waals surface area contributed by atoms with E-state index in [-0.39, 0.29) is 29.8 Å². The van der Waals surface area contributed by atoms with Crippen LogP contribution in [-0.2, 0) is 31.9 Å². The SMILES string of the molecule is COC(=O)N[C@H]1CCc2cccc3c2N(C1=O)[C@H](c1ncc(-c2cnc(-c4ccc(-c5cnc([C@@H]6CCCN6C(=O)[C@@H](NC(=O)OC)C(C)C)[nH]5)cc4)nc2)[nH]1)C3. The van der Waals surface area contributed by atoms with Crippen molar-refractivity contribution < 1.29 is 28.7 Å². The van der Waals surface area contributed by atoms with Gasteiger partial charge in [-0.2, -0.15) is 0 Å². The number of aromatic amines is 2. The van der Waals surface area contributed by atoms with E-state index in [0.717, 1.165) is 52.0 Å². The number of amides is 4. The van der Waals surface area contributed by atoms with Gasteiger partial charge >= 0.3 is 12.2 Å². The number of imidazole rings is 2. The fourth-order valence-corrected chi connectivity index (χ4v) is 8.10. The first-order chi connectivity index (χ1) is 27.6. The van der Waals surface area contributed by atoms with Gasteiger partial charge in [-0.05, 0) is 48.3 Å². The van der Waals surface area contributed by atoms with E-state index >= 15 is 0 Å². The standard InChI is InChI=1S/C41H44N10O6/c1-22(2)33(49-41(55)57-4)39(53)50-16-6-9-31(50)36-44-20-29(46-36)23-10-12-25(13-11-23)35-42-18-27(19-43-35)30-21-45-37(47-30)32-17-26-8-5-7-24-14-15-28(48-40(54)56-3)38(52)51(32)34(24)26/h5,7-8,10-13,18-22,28,31-33H,6,9,14-17H2,1-4H3,(H,44,46)(H,45,47)(H,48,54)(H,49,55)/t28-,31-,32-,33-/m0/s1. The molecule has 0 aliphatic carbocycles. The number of likely N-dealkylation sites (tertiary alicyclic amines) is 1. The van der Waals surface area contributed by atoms with Gasteiger partial charge in [0.15, 0.2) is 5.82 Å². The molecule has 4 N–H and O–H groups in total. The minimum atomic E-state index is -0.721. The molecule has 5 aromatic rings. The van der Waals surface area contributed by atoms with E-state index in [2.05, 4.69) is 35.6 Å². The molecule has 0 unspecified atom stereocenters. The molecule has 0 saturated carbocycles. The van der Waals surface area contributed by atoms with E-state index in [0.29, 0.717) is 49.0 Å². The Kier molecular flexibility index (Phi) is 10.2. The van der Waals surface area contributed by atoms with E-state index in [1.54, 1.807) is 34.6 Å². The number of carbonyl (C=O) groups excluding carboxylic acids is 4. The summed E-state index contributed by atoms with van der Waals surface area (Å²) in [5.41, 5.74) is 7.03. The minimum Gasteiger partial charge on any atom is -0.453 e. The predicted octanol–water partition coefficient (Wildman–Crippen LogP) is 5.27. The van der Waals surface area contributed by atoms with Gasteiger partial charge in [0.1, 0.15) is 23.7 Å². The van der Waals surface area contributed by atoms with Crippen LogP contribution in [0, 0.1) is 5.92 Å². The highest BCUT2D eigenvalue weighted by Crippen LogP contribution is 2.44. The van der Waals surface area contributed by atoms with Crippen molar-refractivity contribution in [3.63, 3.8) is 0 Å². The zero-order valence-corrected chi connectivity index (χ0v) is 32.1. The monoisotopic (exact) mass is 772 g/mol. The molecule has 3 aromatic heterocycles. The molecule has 0 radical (unpaired) electrons. The van der Waals surface area contributed by atoms with Gasteiger partial charge in [-0.25, -0.2) is 29.5 Å². The second-order valence-corrected chi connectivity index (χ2v) is 14.9. The Labute approximate surface area is 328 Å². The summed E-state index contributed by atoms with van der Waals surface area (Å²) in [6.45, 7) is 4.36. The molecule has 0 spiro atoms. The van der Waals surface area contributed by atoms with Crippen LogP contribution in [-0.4, -0.2) is 91.7 Å². The Balaban J connectivity index is 0.951. The molecule has 16 heteroatoms. The number of benzene rings is 2. The lowest BCUT2D eigenvalue weighted by Crippen LogP contribution is -2.51. The summed E-state index contributed by atoms with van der Waals surface area (Å²) >= 11 is 0. The van der Waals surface area contributed by atoms with Gasteiger partial charge in [0.2, 0.25) is 11.8 Å². The van der Waals surface area contributed by atoms with E-state index in [9.17, 15) is 19.2 Å². The molecule has 57 heavy (non-hydrogen) atoms. The Bertz CT molecular complexity index is 2300. The van der Waals surface area contributed by atoms with Crippen LogP contribution in [0.25, 0.3) is 33.9 Å². The summed E-state index contributed by atoms with van der Waals surface area (Å²) in [6.07, 6.45) is 8.99. The quantitative estimate of drug-likeness (QED) is 0.153. The molecular formula is C41H44N10O6. The third-order valence-corrected chi connectivity index (χ3v) is 11.1. The Morgan fingerprint density at radius 1 is 0.789 bits per heavy atom. The number of para-hydroxylation sites is 1. The van der Waals surface area contributed by atoms with Crippen molar-refractivity contribution in [2.24, 2.45) is 5.92 Å².